The third-order valence-corrected chi connectivity index (χ3v) is 2.68. The molecule has 0 heterocycles. The van der Waals surface area contributed by atoms with Gasteiger partial charge in [0.1, 0.15) is 24.9 Å². The van der Waals surface area contributed by atoms with Gasteiger partial charge in [-0.2, -0.15) is 16.8 Å². The summed E-state index contributed by atoms with van der Waals surface area (Å²) >= 11 is 0. The first-order valence-corrected chi connectivity index (χ1v) is 8.37. The topological polar surface area (TPSA) is 149 Å². The third-order valence-electron chi connectivity index (χ3n) is 1.34. The first-order valence-electron chi connectivity index (χ1n) is 5.15. The smallest absolute Gasteiger partial charge is 0.267 e. The van der Waals surface area contributed by atoms with Crippen molar-refractivity contribution < 1.29 is 44.9 Å². The molecule has 0 unspecified atom stereocenters. The van der Waals surface area contributed by atoms with Crippen LogP contribution < -0.4 is 0 Å². The summed E-state index contributed by atoms with van der Waals surface area (Å²) in [6.07, 6.45) is 0.382. The highest BCUT2D eigenvalue weighted by Gasteiger charge is 2.08. The lowest BCUT2D eigenvalue weighted by Gasteiger charge is -2.10. The lowest BCUT2D eigenvalue weighted by Crippen LogP contribution is -2.20. The van der Waals surface area contributed by atoms with Crippen molar-refractivity contribution in [3.05, 3.63) is 0 Å². The molecule has 12 heteroatoms. The van der Waals surface area contributed by atoms with Crippen molar-refractivity contribution >= 4 is 20.2 Å². The SMILES string of the molecule is CCC(C)(O)O.O=S(=O)(O)CCF.O=S(=O)(O)CCF. The number of alkyl halides is 2. The predicted molar refractivity (Wildman–Crippen MR) is 67.9 cm³/mol. The molecule has 0 bridgehead atoms. The van der Waals surface area contributed by atoms with Crippen LogP contribution in [0.1, 0.15) is 20.3 Å². The molecule has 20 heavy (non-hydrogen) atoms. The Bertz CT molecular complexity index is 378. The Morgan fingerprint density at radius 3 is 1.10 bits per heavy atom. The Hall–Kier alpha value is -0.400. The number of rotatable bonds is 5. The zero-order valence-corrected chi connectivity index (χ0v) is 12.7. The molecule has 0 radical (unpaired) electrons. The Morgan fingerprint density at radius 2 is 1.10 bits per heavy atom. The predicted octanol–water partition coefficient (Wildman–Crippen LogP) is -0.215. The van der Waals surface area contributed by atoms with Crippen molar-refractivity contribution in [1.29, 1.82) is 0 Å². The molecule has 8 nitrogen and oxygen atoms in total. The molecule has 0 aromatic heterocycles. The molecule has 0 aliphatic carbocycles. The van der Waals surface area contributed by atoms with E-state index >= 15 is 0 Å². The highest BCUT2D eigenvalue weighted by Crippen LogP contribution is 1.99. The minimum absolute atomic E-state index is 0.382. The number of halogens is 2. The fourth-order valence-electron chi connectivity index (χ4n) is 0.195. The van der Waals surface area contributed by atoms with Crippen LogP contribution in [-0.4, -0.2) is 66.8 Å². The molecular weight excluding hydrogens is 326 g/mol. The summed E-state index contributed by atoms with van der Waals surface area (Å²) in [5, 5.41) is 16.8. The van der Waals surface area contributed by atoms with E-state index in [4.69, 9.17) is 19.3 Å². The summed E-state index contributed by atoms with van der Waals surface area (Å²) < 4.78 is 75.6. The molecule has 4 N–H and O–H groups in total. The first-order chi connectivity index (χ1) is 8.68. The van der Waals surface area contributed by atoms with E-state index in [2.05, 4.69) is 0 Å². The van der Waals surface area contributed by atoms with Crippen molar-refractivity contribution in [2.75, 3.05) is 24.9 Å². The molecule has 0 aromatic carbocycles. The Balaban J connectivity index is -0.000000218. The van der Waals surface area contributed by atoms with Gasteiger partial charge < -0.3 is 10.2 Å². The van der Waals surface area contributed by atoms with Crippen LogP contribution in [0.2, 0.25) is 0 Å². The van der Waals surface area contributed by atoms with Gasteiger partial charge in [0.05, 0.1) is 0 Å². The Labute approximate surface area is 116 Å². The molecule has 0 rings (SSSR count). The monoisotopic (exact) mass is 346 g/mol. The minimum Gasteiger partial charge on any atom is -0.366 e. The number of hydrogen-bond acceptors (Lipinski definition) is 6. The summed E-state index contributed by atoms with van der Waals surface area (Å²) in [5.74, 6) is -3.06. The van der Waals surface area contributed by atoms with E-state index in [1.54, 1.807) is 6.92 Å². The first kappa shape index (κ1) is 24.6. The quantitative estimate of drug-likeness (QED) is 0.394. The van der Waals surface area contributed by atoms with Crippen LogP contribution in [0.3, 0.4) is 0 Å². The third kappa shape index (κ3) is 43.2. The van der Waals surface area contributed by atoms with E-state index in [-0.39, 0.29) is 0 Å². The number of hydrogen-bond donors (Lipinski definition) is 4. The van der Waals surface area contributed by atoms with Gasteiger partial charge in [0.2, 0.25) is 0 Å². The molecule has 0 fully saturated rings. The van der Waals surface area contributed by atoms with Gasteiger partial charge in [0.15, 0.2) is 5.79 Å². The van der Waals surface area contributed by atoms with Crippen LogP contribution >= 0.6 is 0 Å². The van der Waals surface area contributed by atoms with Gasteiger partial charge >= 0.3 is 0 Å². The normalized spacial score (nSPS) is 11.8. The van der Waals surface area contributed by atoms with Crippen LogP contribution in [0, 0.1) is 0 Å². The van der Waals surface area contributed by atoms with E-state index in [9.17, 15) is 25.6 Å². The van der Waals surface area contributed by atoms with Crippen molar-refractivity contribution in [2.45, 2.75) is 26.1 Å². The lowest BCUT2D eigenvalue weighted by atomic mass is 10.3. The molecule has 0 amide bonds. The van der Waals surface area contributed by atoms with Crippen molar-refractivity contribution in [3.8, 4) is 0 Å². The van der Waals surface area contributed by atoms with Crippen LogP contribution in [0.5, 0.6) is 0 Å². The molecule has 0 aliphatic rings. The van der Waals surface area contributed by atoms with Gasteiger partial charge in [0.25, 0.3) is 20.2 Å². The fourth-order valence-corrected chi connectivity index (χ4v) is 0.585. The van der Waals surface area contributed by atoms with Crippen molar-refractivity contribution in [3.63, 3.8) is 0 Å². The summed E-state index contributed by atoms with van der Waals surface area (Å²) in [4.78, 5) is 0. The van der Waals surface area contributed by atoms with Gasteiger partial charge in [-0.1, -0.05) is 6.92 Å². The average Bonchev–Trinajstić information content (AvgIpc) is 2.14. The molecule has 0 saturated carbocycles. The average molecular weight is 346 g/mol. The maximum Gasteiger partial charge on any atom is 0.267 e. The second kappa shape index (κ2) is 11.3. The molecular formula is C8H20F2O8S2. The van der Waals surface area contributed by atoms with Crippen LogP contribution in [-0.2, 0) is 20.2 Å². The van der Waals surface area contributed by atoms with Crippen molar-refractivity contribution in [1.82, 2.24) is 0 Å². The van der Waals surface area contributed by atoms with E-state index in [0.29, 0.717) is 6.42 Å². The number of aliphatic hydroxyl groups is 2. The molecule has 0 aromatic rings. The summed E-state index contributed by atoms with van der Waals surface area (Å²) in [5.41, 5.74) is 0. The summed E-state index contributed by atoms with van der Waals surface area (Å²) in [6.45, 7) is 1.00. The van der Waals surface area contributed by atoms with E-state index in [1.165, 1.54) is 6.92 Å². The Kier molecular flexibility index (Phi) is 13.9. The van der Waals surface area contributed by atoms with Gasteiger partial charge in [-0.15, -0.1) is 0 Å². The molecule has 0 saturated heterocycles. The van der Waals surface area contributed by atoms with Gasteiger partial charge in [0, 0.05) is 0 Å². The van der Waals surface area contributed by atoms with Crippen molar-refractivity contribution in [2.24, 2.45) is 0 Å². The summed E-state index contributed by atoms with van der Waals surface area (Å²) in [6, 6.07) is 0. The highest BCUT2D eigenvalue weighted by molar-refractivity contribution is 7.86. The van der Waals surface area contributed by atoms with Gasteiger partial charge in [-0.3, -0.25) is 9.11 Å². The minimum atomic E-state index is -4.05. The fraction of sp³-hybridized carbons (Fsp3) is 1.00. The van der Waals surface area contributed by atoms with Gasteiger partial charge in [-0.25, -0.2) is 8.78 Å². The van der Waals surface area contributed by atoms with E-state index in [1.807, 2.05) is 0 Å². The lowest BCUT2D eigenvalue weighted by molar-refractivity contribution is -0.145. The molecule has 0 spiro atoms. The zero-order valence-electron chi connectivity index (χ0n) is 11.0. The van der Waals surface area contributed by atoms with E-state index in [0.717, 1.165) is 0 Å². The second-order valence-electron chi connectivity index (χ2n) is 3.52. The Morgan fingerprint density at radius 1 is 0.900 bits per heavy atom. The van der Waals surface area contributed by atoms with Crippen LogP contribution in [0.25, 0.3) is 0 Å². The maximum absolute atomic E-state index is 10.9. The molecule has 0 atom stereocenters. The zero-order chi connectivity index (χ0) is 17.0. The largest absolute Gasteiger partial charge is 0.366 e. The highest BCUT2D eigenvalue weighted by atomic mass is 32.2. The molecule has 126 valence electrons. The molecule has 0 aliphatic heterocycles. The van der Waals surface area contributed by atoms with Crippen LogP contribution in [0.15, 0.2) is 0 Å². The van der Waals surface area contributed by atoms with Gasteiger partial charge in [-0.05, 0) is 13.3 Å². The second-order valence-corrected chi connectivity index (χ2v) is 6.66. The van der Waals surface area contributed by atoms with Crippen LogP contribution in [0.4, 0.5) is 8.78 Å². The van der Waals surface area contributed by atoms with E-state index < -0.39 is 50.9 Å². The standard InChI is InChI=1S/C4H10O2.2C2H5FO3S/c1-3-4(2,5)6;2*3-1-2-7(4,5)6/h5-6H,3H2,1-2H3;2*1-2H2,(H,4,5,6). The maximum atomic E-state index is 10.9. The summed E-state index contributed by atoms with van der Waals surface area (Å²) in [7, 11) is -8.10.